The van der Waals surface area contributed by atoms with E-state index in [9.17, 15) is 4.79 Å². The molecule has 0 unspecified atom stereocenters. The van der Waals surface area contributed by atoms with Crippen LogP contribution in [0, 0.1) is 0 Å². The Balaban J connectivity index is 2.01. The minimum Gasteiger partial charge on any atom is -0.395 e. The summed E-state index contributed by atoms with van der Waals surface area (Å²) in [5, 5.41) is 20.1. The second-order valence-corrected chi connectivity index (χ2v) is 4.68. The van der Waals surface area contributed by atoms with Crippen molar-refractivity contribution in [1.82, 2.24) is 15.1 Å². The molecule has 1 aliphatic rings. The van der Waals surface area contributed by atoms with Crippen molar-refractivity contribution in [2.45, 2.75) is 32.2 Å². The minimum absolute atomic E-state index is 0.0220. The summed E-state index contributed by atoms with van der Waals surface area (Å²) in [5.74, 6) is 0.532. The Labute approximate surface area is 112 Å². The van der Waals surface area contributed by atoms with E-state index in [2.05, 4.69) is 22.4 Å². The molecule has 0 spiro atoms. The number of amides is 1. The van der Waals surface area contributed by atoms with Crippen LogP contribution in [0.15, 0.2) is 12.1 Å². The molecule has 0 atom stereocenters. The van der Waals surface area contributed by atoms with E-state index >= 15 is 0 Å². The fourth-order valence-corrected chi connectivity index (χ4v) is 1.88. The largest absolute Gasteiger partial charge is 0.395 e. The van der Waals surface area contributed by atoms with Crippen LogP contribution in [0.1, 0.15) is 36.7 Å². The van der Waals surface area contributed by atoms with Crippen LogP contribution in [-0.2, 0) is 0 Å². The zero-order valence-corrected chi connectivity index (χ0v) is 11.2. The first kappa shape index (κ1) is 13.7. The maximum Gasteiger partial charge on any atom is 0.274 e. The van der Waals surface area contributed by atoms with Gasteiger partial charge in [-0.3, -0.25) is 4.79 Å². The molecule has 1 saturated carbocycles. The summed E-state index contributed by atoms with van der Waals surface area (Å²) in [4.78, 5) is 13.9. The number of aromatic nitrogens is 2. The first-order valence-corrected chi connectivity index (χ1v) is 6.75. The molecule has 6 heteroatoms. The summed E-state index contributed by atoms with van der Waals surface area (Å²) in [5.41, 5.74) is 0.336. The molecular formula is C13H20N4O2. The number of hydrogen-bond donors (Lipinski definition) is 2. The van der Waals surface area contributed by atoms with Gasteiger partial charge in [-0.2, -0.15) is 0 Å². The van der Waals surface area contributed by atoms with Gasteiger partial charge in [0.2, 0.25) is 0 Å². The Morgan fingerprint density at radius 1 is 1.47 bits per heavy atom. The lowest BCUT2D eigenvalue weighted by Crippen LogP contribution is -2.36. The van der Waals surface area contributed by atoms with Gasteiger partial charge in [0.15, 0.2) is 5.69 Å². The highest BCUT2D eigenvalue weighted by Gasteiger charge is 2.33. The minimum atomic E-state index is -0.147. The molecule has 1 aromatic heterocycles. The summed E-state index contributed by atoms with van der Waals surface area (Å²) < 4.78 is 0. The number of carbonyl (C=O) groups excluding carboxylic acids is 1. The predicted octanol–water partition coefficient (Wildman–Crippen LogP) is 0.895. The van der Waals surface area contributed by atoms with E-state index < -0.39 is 0 Å². The van der Waals surface area contributed by atoms with Crippen molar-refractivity contribution >= 4 is 11.7 Å². The number of nitrogens with zero attached hydrogens (tertiary/aromatic N) is 3. The summed E-state index contributed by atoms with van der Waals surface area (Å²) in [6.07, 6.45) is 3.03. The molecule has 1 aromatic rings. The summed E-state index contributed by atoms with van der Waals surface area (Å²) in [6.45, 7) is 3.24. The lowest BCUT2D eigenvalue weighted by molar-refractivity contribution is 0.0700. The van der Waals surface area contributed by atoms with Crippen LogP contribution in [0.5, 0.6) is 0 Å². The Morgan fingerprint density at radius 3 is 2.79 bits per heavy atom. The summed E-state index contributed by atoms with van der Waals surface area (Å²) in [7, 11) is 0. The third kappa shape index (κ3) is 3.64. The smallest absolute Gasteiger partial charge is 0.274 e. The first-order valence-electron chi connectivity index (χ1n) is 6.75. The molecule has 0 bridgehead atoms. The lowest BCUT2D eigenvalue weighted by Gasteiger charge is -2.20. The Bertz CT molecular complexity index is 417. The normalized spacial score (nSPS) is 14.2. The zero-order valence-electron chi connectivity index (χ0n) is 11.2. The average molecular weight is 264 g/mol. The van der Waals surface area contributed by atoms with E-state index in [-0.39, 0.29) is 18.6 Å². The topological polar surface area (TPSA) is 78.4 Å². The quantitative estimate of drug-likeness (QED) is 0.765. The highest BCUT2D eigenvalue weighted by molar-refractivity contribution is 5.92. The standard InChI is InChI=1S/C13H20N4O2/c1-2-7-14-12-6-5-11(15-16-12)13(19)17(8-9-18)10-3-4-10/h5-6,10,18H,2-4,7-9H2,1H3,(H,14,16). The number of hydrogen-bond acceptors (Lipinski definition) is 5. The molecule has 2 N–H and O–H groups in total. The molecule has 1 amide bonds. The zero-order chi connectivity index (χ0) is 13.7. The fourth-order valence-electron chi connectivity index (χ4n) is 1.88. The van der Waals surface area contributed by atoms with Gasteiger partial charge in [-0.05, 0) is 31.4 Å². The van der Waals surface area contributed by atoms with E-state index in [0.717, 1.165) is 25.8 Å². The molecule has 0 aliphatic heterocycles. The van der Waals surface area contributed by atoms with Gasteiger partial charge in [0, 0.05) is 19.1 Å². The van der Waals surface area contributed by atoms with Gasteiger partial charge in [0.25, 0.3) is 5.91 Å². The molecule has 0 aromatic carbocycles. The van der Waals surface area contributed by atoms with Crippen LogP contribution in [-0.4, -0.2) is 51.8 Å². The lowest BCUT2D eigenvalue weighted by atomic mass is 10.3. The van der Waals surface area contributed by atoms with Crippen molar-refractivity contribution in [2.75, 3.05) is 25.0 Å². The number of nitrogens with one attached hydrogen (secondary N) is 1. The van der Waals surface area contributed by atoms with E-state index in [4.69, 9.17) is 5.11 Å². The predicted molar refractivity (Wildman–Crippen MR) is 72.0 cm³/mol. The first-order chi connectivity index (χ1) is 9.26. The van der Waals surface area contributed by atoms with Gasteiger partial charge in [-0.1, -0.05) is 6.92 Å². The number of aliphatic hydroxyl groups is 1. The Kier molecular flexibility index (Phi) is 4.68. The van der Waals surface area contributed by atoms with E-state index in [1.54, 1.807) is 17.0 Å². The van der Waals surface area contributed by atoms with Crippen LogP contribution in [0.2, 0.25) is 0 Å². The number of aliphatic hydroxyl groups excluding tert-OH is 1. The maximum absolute atomic E-state index is 12.2. The highest BCUT2D eigenvalue weighted by atomic mass is 16.3. The molecule has 0 radical (unpaired) electrons. The van der Waals surface area contributed by atoms with E-state index in [1.165, 1.54) is 0 Å². The van der Waals surface area contributed by atoms with Crippen LogP contribution in [0.4, 0.5) is 5.82 Å². The Hall–Kier alpha value is -1.69. The van der Waals surface area contributed by atoms with Crippen LogP contribution in [0.3, 0.4) is 0 Å². The molecule has 6 nitrogen and oxygen atoms in total. The third-order valence-electron chi connectivity index (χ3n) is 3.03. The molecule has 1 fully saturated rings. The van der Waals surface area contributed by atoms with Crippen molar-refractivity contribution in [3.63, 3.8) is 0 Å². The molecule has 2 rings (SSSR count). The SMILES string of the molecule is CCCNc1ccc(C(=O)N(CCO)C2CC2)nn1. The fraction of sp³-hybridized carbons (Fsp3) is 0.615. The average Bonchev–Trinajstić information content (AvgIpc) is 3.27. The van der Waals surface area contributed by atoms with Gasteiger partial charge in [0.1, 0.15) is 5.82 Å². The maximum atomic E-state index is 12.2. The molecular weight excluding hydrogens is 244 g/mol. The van der Waals surface area contributed by atoms with E-state index in [1.807, 2.05) is 0 Å². The van der Waals surface area contributed by atoms with Gasteiger partial charge in [-0.15, -0.1) is 10.2 Å². The van der Waals surface area contributed by atoms with Crippen molar-refractivity contribution < 1.29 is 9.90 Å². The van der Waals surface area contributed by atoms with Gasteiger partial charge in [0.05, 0.1) is 6.61 Å². The van der Waals surface area contributed by atoms with Crippen LogP contribution >= 0.6 is 0 Å². The monoisotopic (exact) mass is 264 g/mol. The number of carbonyl (C=O) groups is 1. The van der Waals surface area contributed by atoms with Crippen molar-refractivity contribution in [3.8, 4) is 0 Å². The number of anilines is 1. The highest BCUT2D eigenvalue weighted by Crippen LogP contribution is 2.27. The van der Waals surface area contributed by atoms with Crippen LogP contribution in [0.25, 0.3) is 0 Å². The molecule has 1 aliphatic carbocycles. The van der Waals surface area contributed by atoms with E-state index in [0.29, 0.717) is 18.1 Å². The van der Waals surface area contributed by atoms with Crippen LogP contribution < -0.4 is 5.32 Å². The van der Waals surface area contributed by atoms with Crippen molar-refractivity contribution in [3.05, 3.63) is 17.8 Å². The van der Waals surface area contributed by atoms with Crippen molar-refractivity contribution in [1.29, 1.82) is 0 Å². The van der Waals surface area contributed by atoms with Gasteiger partial charge < -0.3 is 15.3 Å². The van der Waals surface area contributed by atoms with Gasteiger partial charge >= 0.3 is 0 Å². The Morgan fingerprint density at radius 2 is 2.26 bits per heavy atom. The summed E-state index contributed by atoms with van der Waals surface area (Å²) in [6, 6.07) is 3.71. The third-order valence-corrected chi connectivity index (χ3v) is 3.03. The second kappa shape index (κ2) is 6.47. The second-order valence-electron chi connectivity index (χ2n) is 4.68. The molecule has 0 saturated heterocycles. The van der Waals surface area contributed by atoms with Crippen molar-refractivity contribution in [2.24, 2.45) is 0 Å². The molecule has 1 heterocycles. The van der Waals surface area contributed by atoms with Gasteiger partial charge in [-0.25, -0.2) is 0 Å². The molecule has 19 heavy (non-hydrogen) atoms. The number of rotatable bonds is 7. The molecule has 104 valence electrons. The summed E-state index contributed by atoms with van der Waals surface area (Å²) >= 11 is 0.